The van der Waals surface area contributed by atoms with Gasteiger partial charge in [0, 0.05) is 6.04 Å². The highest BCUT2D eigenvalue weighted by atomic mass is 19.4. The van der Waals surface area contributed by atoms with E-state index in [9.17, 15) is 13.2 Å². The van der Waals surface area contributed by atoms with E-state index in [2.05, 4.69) is 10.1 Å². The van der Waals surface area contributed by atoms with E-state index in [-0.39, 0.29) is 6.04 Å². The second-order valence-electron chi connectivity index (χ2n) is 2.64. The first kappa shape index (κ1) is 9.02. The molecule has 1 heterocycles. The Morgan fingerprint density at radius 3 is 2.25 bits per heavy atom. The Labute approximate surface area is 67.2 Å². The zero-order valence-corrected chi connectivity index (χ0v) is 6.63. The van der Waals surface area contributed by atoms with Crippen molar-refractivity contribution in [3.05, 3.63) is 12.2 Å². The number of aromatic nitrogens is 3. The van der Waals surface area contributed by atoms with E-state index in [0.29, 0.717) is 0 Å². The molecule has 0 fully saturated rings. The Kier molecular flexibility index (Phi) is 2.08. The summed E-state index contributed by atoms with van der Waals surface area (Å²) in [7, 11) is 0. The first-order valence-electron chi connectivity index (χ1n) is 3.39. The van der Waals surface area contributed by atoms with Gasteiger partial charge in [-0.3, -0.25) is 0 Å². The molecular formula is C6H8F3N3. The lowest BCUT2D eigenvalue weighted by Crippen LogP contribution is -2.09. The van der Waals surface area contributed by atoms with Crippen molar-refractivity contribution < 1.29 is 13.2 Å². The molecule has 0 atom stereocenters. The quantitative estimate of drug-likeness (QED) is 0.658. The minimum absolute atomic E-state index is 0.103. The molecule has 0 aliphatic rings. The van der Waals surface area contributed by atoms with Crippen molar-refractivity contribution in [1.29, 1.82) is 0 Å². The molecule has 1 rings (SSSR count). The summed E-state index contributed by atoms with van der Waals surface area (Å²) >= 11 is 0. The third-order valence-corrected chi connectivity index (χ3v) is 1.29. The first-order chi connectivity index (χ1) is 5.41. The molecule has 0 saturated heterocycles. The van der Waals surface area contributed by atoms with E-state index < -0.39 is 12.0 Å². The first-order valence-corrected chi connectivity index (χ1v) is 3.39. The van der Waals surface area contributed by atoms with Gasteiger partial charge in [-0.1, -0.05) is 0 Å². The zero-order chi connectivity index (χ0) is 9.35. The Bertz CT molecular complexity index is 263. The molecule has 1 aromatic heterocycles. The van der Waals surface area contributed by atoms with Crippen LogP contribution in [0, 0.1) is 0 Å². The zero-order valence-electron chi connectivity index (χ0n) is 6.63. The summed E-state index contributed by atoms with van der Waals surface area (Å²) in [4.78, 5) is 3.14. The molecular weight excluding hydrogens is 171 g/mol. The Balaban J connectivity index is 2.92. The fourth-order valence-electron chi connectivity index (χ4n) is 0.654. The normalized spacial score (nSPS) is 12.5. The topological polar surface area (TPSA) is 30.7 Å². The summed E-state index contributed by atoms with van der Waals surface area (Å²) in [6, 6.07) is -0.103. The van der Waals surface area contributed by atoms with E-state index in [4.69, 9.17) is 0 Å². The van der Waals surface area contributed by atoms with Crippen LogP contribution in [0.25, 0.3) is 0 Å². The van der Waals surface area contributed by atoms with Gasteiger partial charge < -0.3 is 0 Å². The molecule has 0 amide bonds. The van der Waals surface area contributed by atoms with E-state index in [1.54, 1.807) is 13.8 Å². The second kappa shape index (κ2) is 2.76. The highest BCUT2D eigenvalue weighted by Gasteiger charge is 2.35. The van der Waals surface area contributed by atoms with Gasteiger partial charge in [0.25, 0.3) is 5.82 Å². The number of hydrogen-bond donors (Lipinski definition) is 0. The van der Waals surface area contributed by atoms with Crippen molar-refractivity contribution in [1.82, 2.24) is 14.8 Å². The third-order valence-electron chi connectivity index (χ3n) is 1.29. The predicted octanol–water partition coefficient (Wildman–Crippen LogP) is 1.88. The van der Waals surface area contributed by atoms with Gasteiger partial charge in [0.05, 0.1) is 0 Å². The van der Waals surface area contributed by atoms with Gasteiger partial charge >= 0.3 is 6.18 Å². The molecule has 0 aliphatic heterocycles. The summed E-state index contributed by atoms with van der Waals surface area (Å²) in [6.07, 6.45) is -3.37. The molecule has 0 saturated carbocycles. The second-order valence-corrected chi connectivity index (χ2v) is 2.64. The van der Waals surface area contributed by atoms with Gasteiger partial charge in [-0.25, -0.2) is 9.67 Å². The minimum atomic E-state index is -4.44. The molecule has 0 bridgehead atoms. The maximum Gasteiger partial charge on any atom is 0.453 e. The fourth-order valence-corrected chi connectivity index (χ4v) is 0.654. The van der Waals surface area contributed by atoms with Crippen molar-refractivity contribution in [2.45, 2.75) is 26.1 Å². The van der Waals surface area contributed by atoms with Crippen molar-refractivity contribution in [3.63, 3.8) is 0 Å². The molecule has 0 N–H and O–H groups in total. The summed E-state index contributed by atoms with van der Waals surface area (Å²) in [5.74, 6) is -1.09. The molecule has 12 heavy (non-hydrogen) atoms. The summed E-state index contributed by atoms with van der Waals surface area (Å²) in [5.41, 5.74) is 0. The van der Waals surface area contributed by atoms with E-state index in [1.807, 2.05) is 0 Å². The van der Waals surface area contributed by atoms with Crippen LogP contribution in [0.3, 0.4) is 0 Å². The van der Waals surface area contributed by atoms with Crippen LogP contribution in [-0.4, -0.2) is 14.8 Å². The Hall–Kier alpha value is -1.07. The molecule has 3 nitrogen and oxygen atoms in total. The van der Waals surface area contributed by atoms with Gasteiger partial charge in [0.15, 0.2) is 0 Å². The van der Waals surface area contributed by atoms with Gasteiger partial charge in [0.2, 0.25) is 0 Å². The summed E-state index contributed by atoms with van der Waals surface area (Å²) in [6.45, 7) is 3.46. The monoisotopic (exact) mass is 179 g/mol. The smallest absolute Gasteiger partial charge is 0.250 e. The lowest BCUT2D eigenvalue weighted by molar-refractivity contribution is -0.145. The molecule has 0 spiro atoms. The lowest BCUT2D eigenvalue weighted by Gasteiger charge is -2.02. The van der Waals surface area contributed by atoms with Crippen LogP contribution in [0.15, 0.2) is 6.33 Å². The van der Waals surface area contributed by atoms with Gasteiger partial charge in [-0.15, -0.1) is 5.10 Å². The summed E-state index contributed by atoms with van der Waals surface area (Å²) < 4.78 is 36.9. The largest absolute Gasteiger partial charge is 0.453 e. The molecule has 0 unspecified atom stereocenters. The molecule has 6 heteroatoms. The average Bonchev–Trinajstić information content (AvgIpc) is 2.30. The number of alkyl halides is 3. The SMILES string of the molecule is CC(C)n1cnc(C(F)(F)F)n1. The molecule has 0 radical (unpaired) electrons. The van der Waals surface area contributed by atoms with Crippen LogP contribution < -0.4 is 0 Å². The van der Waals surface area contributed by atoms with Gasteiger partial charge in [-0.05, 0) is 13.8 Å². The molecule has 1 aromatic rings. The molecule has 0 aromatic carbocycles. The lowest BCUT2D eigenvalue weighted by atomic mass is 10.4. The Morgan fingerprint density at radius 1 is 1.42 bits per heavy atom. The van der Waals surface area contributed by atoms with Crippen LogP contribution in [0.4, 0.5) is 13.2 Å². The highest BCUT2D eigenvalue weighted by Crippen LogP contribution is 2.25. The maximum absolute atomic E-state index is 11.9. The van der Waals surface area contributed by atoms with Crippen LogP contribution in [0.1, 0.15) is 25.7 Å². The Morgan fingerprint density at radius 2 is 2.00 bits per heavy atom. The maximum atomic E-state index is 11.9. The molecule has 0 aliphatic carbocycles. The predicted molar refractivity (Wildman–Crippen MR) is 35.4 cm³/mol. The fraction of sp³-hybridized carbons (Fsp3) is 0.667. The van der Waals surface area contributed by atoms with Crippen molar-refractivity contribution in [3.8, 4) is 0 Å². The van der Waals surface area contributed by atoms with Gasteiger partial charge in [0.1, 0.15) is 6.33 Å². The third kappa shape index (κ3) is 1.75. The minimum Gasteiger partial charge on any atom is -0.250 e. The van der Waals surface area contributed by atoms with E-state index >= 15 is 0 Å². The van der Waals surface area contributed by atoms with Crippen LogP contribution in [0.5, 0.6) is 0 Å². The highest BCUT2D eigenvalue weighted by molar-refractivity contribution is 4.87. The number of rotatable bonds is 1. The van der Waals surface area contributed by atoms with Crippen molar-refractivity contribution in [2.24, 2.45) is 0 Å². The average molecular weight is 179 g/mol. The molecule has 68 valence electrons. The van der Waals surface area contributed by atoms with Crippen molar-refractivity contribution in [2.75, 3.05) is 0 Å². The number of hydrogen-bond acceptors (Lipinski definition) is 2. The van der Waals surface area contributed by atoms with Crippen LogP contribution in [-0.2, 0) is 6.18 Å². The summed E-state index contributed by atoms with van der Waals surface area (Å²) in [5, 5.41) is 3.26. The number of halogens is 3. The standard InChI is InChI=1S/C6H8F3N3/c1-4(2)12-3-10-5(11-12)6(7,8)9/h3-4H,1-2H3. The van der Waals surface area contributed by atoms with Crippen molar-refractivity contribution >= 4 is 0 Å². The van der Waals surface area contributed by atoms with Gasteiger partial charge in [-0.2, -0.15) is 13.2 Å². The van der Waals surface area contributed by atoms with E-state index in [1.165, 1.54) is 4.68 Å². The van der Waals surface area contributed by atoms with Crippen LogP contribution >= 0.6 is 0 Å². The number of nitrogens with zero attached hydrogens (tertiary/aromatic N) is 3. The van der Waals surface area contributed by atoms with E-state index in [0.717, 1.165) is 6.33 Å². The van der Waals surface area contributed by atoms with Crippen LogP contribution in [0.2, 0.25) is 0 Å².